The number of halogens is 2. The van der Waals surface area contributed by atoms with Gasteiger partial charge in [-0.15, -0.1) is 0 Å². The van der Waals surface area contributed by atoms with Gasteiger partial charge in [0.25, 0.3) is 0 Å². The van der Waals surface area contributed by atoms with Crippen molar-refractivity contribution in [1.29, 1.82) is 0 Å². The fourth-order valence-corrected chi connectivity index (χ4v) is 1.73. The van der Waals surface area contributed by atoms with Gasteiger partial charge in [-0.25, -0.2) is 8.78 Å². The van der Waals surface area contributed by atoms with Crippen LogP contribution in [0.5, 0.6) is 0 Å². The van der Waals surface area contributed by atoms with E-state index in [9.17, 15) is 13.6 Å². The second-order valence-electron chi connectivity index (χ2n) is 4.31. The molecule has 1 aromatic carbocycles. The second kappa shape index (κ2) is 6.23. The maximum absolute atomic E-state index is 13.0. The summed E-state index contributed by atoms with van der Waals surface area (Å²) in [5, 5.41) is 0. The molecule has 0 aliphatic heterocycles. The van der Waals surface area contributed by atoms with Crippen LogP contribution in [0.15, 0.2) is 42.6 Å². The van der Waals surface area contributed by atoms with E-state index in [0.29, 0.717) is 11.3 Å². The van der Waals surface area contributed by atoms with Gasteiger partial charge in [0.1, 0.15) is 6.10 Å². The predicted octanol–water partition coefficient (Wildman–Crippen LogP) is 3.21. The SMILES string of the molecule is CC(OC(=O)Cc1ccc(F)c(F)c1)c1ccccn1. The van der Waals surface area contributed by atoms with Gasteiger partial charge in [-0.2, -0.15) is 0 Å². The maximum Gasteiger partial charge on any atom is 0.310 e. The molecule has 0 saturated carbocycles. The van der Waals surface area contributed by atoms with Crippen LogP contribution < -0.4 is 0 Å². The third kappa shape index (κ3) is 3.60. The Morgan fingerprint density at radius 3 is 2.70 bits per heavy atom. The zero-order chi connectivity index (χ0) is 14.5. The number of esters is 1. The molecule has 0 amide bonds. The van der Waals surface area contributed by atoms with Crippen molar-refractivity contribution in [2.75, 3.05) is 0 Å². The van der Waals surface area contributed by atoms with Gasteiger partial charge in [-0.3, -0.25) is 9.78 Å². The fourth-order valence-electron chi connectivity index (χ4n) is 1.73. The highest BCUT2D eigenvalue weighted by Gasteiger charge is 2.14. The van der Waals surface area contributed by atoms with Gasteiger partial charge in [-0.05, 0) is 36.8 Å². The van der Waals surface area contributed by atoms with E-state index in [0.717, 1.165) is 12.1 Å². The number of hydrogen-bond acceptors (Lipinski definition) is 3. The Labute approximate surface area is 115 Å². The van der Waals surface area contributed by atoms with E-state index in [1.54, 1.807) is 31.3 Å². The topological polar surface area (TPSA) is 39.2 Å². The molecule has 5 heteroatoms. The minimum atomic E-state index is -0.979. The summed E-state index contributed by atoms with van der Waals surface area (Å²) in [6.45, 7) is 1.70. The minimum Gasteiger partial charge on any atom is -0.456 e. The van der Waals surface area contributed by atoms with Gasteiger partial charge in [0.05, 0.1) is 12.1 Å². The number of ether oxygens (including phenoxy) is 1. The van der Waals surface area contributed by atoms with Gasteiger partial charge < -0.3 is 4.74 Å². The van der Waals surface area contributed by atoms with Crippen LogP contribution in [0.3, 0.4) is 0 Å². The maximum atomic E-state index is 13.0. The highest BCUT2D eigenvalue weighted by atomic mass is 19.2. The van der Waals surface area contributed by atoms with E-state index < -0.39 is 23.7 Å². The number of pyridine rings is 1. The van der Waals surface area contributed by atoms with Crippen molar-refractivity contribution in [3.05, 3.63) is 65.5 Å². The Morgan fingerprint density at radius 1 is 1.25 bits per heavy atom. The van der Waals surface area contributed by atoms with Crippen molar-refractivity contribution >= 4 is 5.97 Å². The number of benzene rings is 1. The fraction of sp³-hybridized carbons (Fsp3) is 0.200. The summed E-state index contributed by atoms with van der Waals surface area (Å²) >= 11 is 0. The molecule has 0 fully saturated rings. The molecular weight excluding hydrogens is 264 g/mol. The van der Waals surface area contributed by atoms with Crippen molar-refractivity contribution < 1.29 is 18.3 Å². The molecule has 0 N–H and O–H groups in total. The van der Waals surface area contributed by atoms with Crippen molar-refractivity contribution in [3.8, 4) is 0 Å². The molecule has 104 valence electrons. The third-order valence-electron chi connectivity index (χ3n) is 2.74. The van der Waals surface area contributed by atoms with Crippen molar-refractivity contribution in [2.24, 2.45) is 0 Å². The van der Waals surface area contributed by atoms with Crippen LogP contribution in [0.2, 0.25) is 0 Å². The molecule has 2 rings (SSSR count). The quantitative estimate of drug-likeness (QED) is 0.806. The smallest absolute Gasteiger partial charge is 0.310 e. The van der Waals surface area contributed by atoms with Crippen LogP contribution in [0.25, 0.3) is 0 Å². The first kappa shape index (κ1) is 14.1. The van der Waals surface area contributed by atoms with Crippen LogP contribution in [-0.2, 0) is 16.0 Å². The lowest BCUT2D eigenvalue weighted by atomic mass is 10.1. The Kier molecular flexibility index (Phi) is 4.40. The van der Waals surface area contributed by atoms with Crippen LogP contribution in [0, 0.1) is 11.6 Å². The standard InChI is InChI=1S/C15H13F2NO2/c1-10(14-4-2-3-7-18-14)20-15(19)9-11-5-6-12(16)13(17)8-11/h2-8,10H,9H2,1H3. The van der Waals surface area contributed by atoms with Crippen LogP contribution in [0.4, 0.5) is 8.78 Å². The van der Waals surface area contributed by atoms with E-state index in [1.165, 1.54) is 6.07 Å². The van der Waals surface area contributed by atoms with Crippen LogP contribution >= 0.6 is 0 Å². The highest BCUT2D eigenvalue weighted by Crippen LogP contribution is 2.15. The zero-order valence-electron chi connectivity index (χ0n) is 10.8. The molecule has 1 unspecified atom stereocenters. The monoisotopic (exact) mass is 277 g/mol. The van der Waals surface area contributed by atoms with E-state index in [4.69, 9.17) is 4.74 Å². The lowest BCUT2D eigenvalue weighted by molar-refractivity contribution is -0.147. The van der Waals surface area contributed by atoms with Gasteiger partial charge in [-0.1, -0.05) is 12.1 Å². The molecule has 3 nitrogen and oxygen atoms in total. The Morgan fingerprint density at radius 2 is 2.05 bits per heavy atom. The molecule has 0 spiro atoms. The molecule has 0 bridgehead atoms. The molecule has 1 heterocycles. The average Bonchev–Trinajstić information content (AvgIpc) is 2.44. The number of nitrogens with zero attached hydrogens (tertiary/aromatic N) is 1. The summed E-state index contributed by atoms with van der Waals surface area (Å²) in [4.78, 5) is 15.8. The predicted molar refractivity (Wildman–Crippen MR) is 68.8 cm³/mol. The summed E-state index contributed by atoms with van der Waals surface area (Å²) in [5.41, 5.74) is 0.994. The Balaban J connectivity index is 1.97. The van der Waals surface area contributed by atoms with Crippen molar-refractivity contribution in [3.63, 3.8) is 0 Å². The van der Waals surface area contributed by atoms with E-state index in [2.05, 4.69) is 4.98 Å². The minimum absolute atomic E-state index is 0.117. The molecule has 0 aliphatic carbocycles. The first-order chi connectivity index (χ1) is 9.56. The molecule has 1 atom stereocenters. The largest absolute Gasteiger partial charge is 0.456 e. The molecule has 20 heavy (non-hydrogen) atoms. The molecule has 1 aromatic heterocycles. The van der Waals surface area contributed by atoms with Crippen LogP contribution in [-0.4, -0.2) is 11.0 Å². The van der Waals surface area contributed by atoms with E-state index >= 15 is 0 Å². The van der Waals surface area contributed by atoms with E-state index in [-0.39, 0.29) is 6.42 Å². The number of aromatic nitrogens is 1. The van der Waals surface area contributed by atoms with Crippen molar-refractivity contribution in [1.82, 2.24) is 4.98 Å². The summed E-state index contributed by atoms with van der Waals surface area (Å²) in [6, 6.07) is 8.63. The highest BCUT2D eigenvalue weighted by molar-refractivity contribution is 5.72. The number of carbonyl (C=O) groups is 1. The van der Waals surface area contributed by atoms with Gasteiger partial charge in [0, 0.05) is 6.20 Å². The van der Waals surface area contributed by atoms with Gasteiger partial charge >= 0.3 is 5.97 Å². The summed E-state index contributed by atoms with van der Waals surface area (Å²) in [5.74, 6) is -2.44. The van der Waals surface area contributed by atoms with Crippen molar-refractivity contribution in [2.45, 2.75) is 19.4 Å². The Bertz CT molecular complexity index is 602. The van der Waals surface area contributed by atoms with Crippen LogP contribution in [0.1, 0.15) is 24.3 Å². The number of hydrogen-bond donors (Lipinski definition) is 0. The second-order valence-corrected chi connectivity index (χ2v) is 4.31. The normalized spacial score (nSPS) is 11.9. The zero-order valence-corrected chi connectivity index (χ0v) is 10.8. The Hall–Kier alpha value is -2.30. The third-order valence-corrected chi connectivity index (χ3v) is 2.74. The first-order valence-electron chi connectivity index (χ1n) is 6.10. The summed E-state index contributed by atoms with van der Waals surface area (Å²) in [6.07, 6.45) is 0.998. The molecular formula is C15H13F2NO2. The molecule has 2 aromatic rings. The molecule has 0 radical (unpaired) electrons. The van der Waals surface area contributed by atoms with Gasteiger partial charge in [0.15, 0.2) is 11.6 Å². The number of rotatable bonds is 4. The molecule has 0 saturated heterocycles. The lowest BCUT2D eigenvalue weighted by Crippen LogP contribution is -2.12. The molecule has 0 aliphatic rings. The first-order valence-corrected chi connectivity index (χ1v) is 6.10. The van der Waals surface area contributed by atoms with Gasteiger partial charge in [0.2, 0.25) is 0 Å². The van der Waals surface area contributed by atoms with E-state index in [1.807, 2.05) is 0 Å². The summed E-state index contributed by atoms with van der Waals surface area (Å²) < 4.78 is 31.0. The lowest BCUT2D eigenvalue weighted by Gasteiger charge is -2.12. The number of carbonyl (C=O) groups excluding carboxylic acids is 1. The average molecular weight is 277 g/mol. The summed E-state index contributed by atoms with van der Waals surface area (Å²) in [7, 11) is 0.